The molecule has 1 amide bonds. The Kier molecular flexibility index (Phi) is 5.01. The molecule has 1 aromatic heterocycles. The monoisotopic (exact) mass is 339 g/mol. The fraction of sp³-hybridized carbons (Fsp3) is 0.357. The van der Waals surface area contributed by atoms with Crippen LogP contribution in [0.3, 0.4) is 0 Å². The number of carbonyl (C=O) groups is 1. The molecule has 1 aromatic carbocycles. The molecule has 1 saturated heterocycles. The van der Waals surface area contributed by atoms with Gasteiger partial charge in [0.2, 0.25) is 5.13 Å². The Hall–Kier alpha value is -1.51. The number of aromatic nitrogens is 2. The first-order chi connectivity index (χ1) is 10.7. The highest BCUT2D eigenvalue weighted by Gasteiger charge is 2.24. The van der Waals surface area contributed by atoms with Crippen LogP contribution in [0.2, 0.25) is 0 Å². The highest BCUT2D eigenvalue weighted by molar-refractivity contribution is 8.00. The van der Waals surface area contributed by atoms with Crippen molar-refractivity contribution in [3.8, 4) is 0 Å². The van der Waals surface area contributed by atoms with Gasteiger partial charge >= 0.3 is 0 Å². The maximum atomic E-state index is 12.8. The first-order valence-electron chi connectivity index (χ1n) is 6.84. The third-order valence-corrected chi connectivity index (χ3v) is 5.18. The van der Waals surface area contributed by atoms with Gasteiger partial charge in [-0.15, -0.1) is 10.2 Å². The first-order valence-corrected chi connectivity index (χ1v) is 8.64. The molecule has 116 valence electrons. The predicted octanol–water partition coefficient (Wildman–Crippen LogP) is 3.09. The van der Waals surface area contributed by atoms with E-state index in [4.69, 9.17) is 4.74 Å². The van der Waals surface area contributed by atoms with Crippen LogP contribution in [0, 0.1) is 5.82 Å². The number of hydrogen-bond acceptors (Lipinski definition) is 6. The molecule has 0 unspecified atom stereocenters. The molecule has 0 saturated carbocycles. The standard InChI is InChI=1S/C14H14FN3O2S2/c15-10-5-3-9(4-6-10)8-21-14-18-17-13(22-14)16-12(19)11-2-1-7-20-11/h3-6,11H,1-2,7-8H2,(H,16,17,19)/t11-/m1/s1. The molecule has 1 atom stereocenters. The van der Waals surface area contributed by atoms with Crippen molar-refractivity contribution in [1.82, 2.24) is 10.2 Å². The molecular weight excluding hydrogens is 325 g/mol. The zero-order chi connectivity index (χ0) is 15.4. The average molecular weight is 339 g/mol. The van der Waals surface area contributed by atoms with Crippen LogP contribution in [-0.4, -0.2) is 28.8 Å². The van der Waals surface area contributed by atoms with E-state index in [2.05, 4.69) is 15.5 Å². The van der Waals surface area contributed by atoms with Gasteiger partial charge in [0.25, 0.3) is 5.91 Å². The van der Waals surface area contributed by atoms with Crippen LogP contribution >= 0.6 is 23.1 Å². The van der Waals surface area contributed by atoms with E-state index in [-0.39, 0.29) is 17.8 Å². The maximum Gasteiger partial charge on any atom is 0.255 e. The summed E-state index contributed by atoms with van der Waals surface area (Å²) < 4.78 is 18.9. The SMILES string of the molecule is O=C(Nc1nnc(SCc2ccc(F)cc2)s1)[C@H]1CCCO1. The summed E-state index contributed by atoms with van der Waals surface area (Å²) in [6.07, 6.45) is 1.28. The van der Waals surface area contributed by atoms with Crippen LogP contribution in [0.4, 0.5) is 9.52 Å². The third-order valence-electron chi connectivity index (χ3n) is 3.13. The van der Waals surface area contributed by atoms with Crippen LogP contribution < -0.4 is 5.32 Å². The fourth-order valence-corrected chi connectivity index (χ4v) is 3.73. The number of halogens is 1. The lowest BCUT2D eigenvalue weighted by Crippen LogP contribution is -2.26. The number of ether oxygens (including phenoxy) is 1. The molecule has 0 bridgehead atoms. The Morgan fingerprint density at radius 1 is 1.41 bits per heavy atom. The van der Waals surface area contributed by atoms with Gasteiger partial charge < -0.3 is 4.74 Å². The summed E-state index contributed by atoms with van der Waals surface area (Å²) in [7, 11) is 0. The topological polar surface area (TPSA) is 64.1 Å². The Morgan fingerprint density at radius 3 is 2.95 bits per heavy atom. The molecule has 1 aliphatic rings. The number of amides is 1. The number of thioether (sulfide) groups is 1. The zero-order valence-corrected chi connectivity index (χ0v) is 13.3. The summed E-state index contributed by atoms with van der Waals surface area (Å²) in [5, 5.41) is 11.2. The molecule has 5 nitrogen and oxygen atoms in total. The molecule has 0 radical (unpaired) electrons. The second kappa shape index (κ2) is 7.17. The number of rotatable bonds is 5. The Labute approximate surface area is 135 Å². The number of nitrogens with one attached hydrogen (secondary N) is 1. The Morgan fingerprint density at radius 2 is 2.23 bits per heavy atom. The second-order valence-corrected chi connectivity index (χ2v) is 6.98. The molecule has 1 aliphatic heterocycles. The summed E-state index contributed by atoms with van der Waals surface area (Å²) in [5.74, 6) is 0.266. The van der Waals surface area contributed by atoms with Crippen molar-refractivity contribution in [2.75, 3.05) is 11.9 Å². The van der Waals surface area contributed by atoms with Gasteiger partial charge in [0.1, 0.15) is 11.9 Å². The number of carbonyl (C=O) groups excluding carboxylic acids is 1. The van der Waals surface area contributed by atoms with Gasteiger partial charge in [0, 0.05) is 12.4 Å². The minimum Gasteiger partial charge on any atom is -0.368 e. The summed E-state index contributed by atoms with van der Waals surface area (Å²) in [6.45, 7) is 0.632. The molecule has 1 fully saturated rings. The number of nitrogens with zero attached hydrogens (tertiary/aromatic N) is 2. The van der Waals surface area contributed by atoms with Gasteiger partial charge in [0.05, 0.1) is 0 Å². The maximum absolute atomic E-state index is 12.8. The van der Waals surface area contributed by atoms with E-state index in [1.807, 2.05) is 0 Å². The van der Waals surface area contributed by atoms with Crippen molar-refractivity contribution < 1.29 is 13.9 Å². The van der Waals surface area contributed by atoms with Crippen LogP contribution in [0.15, 0.2) is 28.6 Å². The van der Waals surface area contributed by atoms with Gasteiger partial charge in [-0.25, -0.2) is 4.39 Å². The molecule has 2 aromatic rings. The molecule has 3 rings (SSSR count). The Bertz CT molecular complexity index is 642. The summed E-state index contributed by atoms with van der Waals surface area (Å²) in [6, 6.07) is 6.35. The molecule has 1 N–H and O–H groups in total. The molecule has 0 aliphatic carbocycles. The number of hydrogen-bond donors (Lipinski definition) is 1. The smallest absolute Gasteiger partial charge is 0.255 e. The predicted molar refractivity (Wildman–Crippen MR) is 83.5 cm³/mol. The van der Waals surface area contributed by atoms with Gasteiger partial charge in [-0.3, -0.25) is 10.1 Å². The van der Waals surface area contributed by atoms with Crippen molar-refractivity contribution >= 4 is 34.1 Å². The summed E-state index contributed by atoms with van der Waals surface area (Å²) in [4.78, 5) is 11.9. The van der Waals surface area contributed by atoms with Gasteiger partial charge in [-0.05, 0) is 30.5 Å². The lowest BCUT2D eigenvalue weighted by Gasteiger charge is -2.06. The fourth-order valence-electron chi connectivity index (χ4n) is 2.01. The van der Waals surface area contributed by atoms with Gasteiger partial charge in [-0.2, -0.15) is 0 Å². The van der Waals surface area contributed by atoms with Crippen molar-refractivity contribution in [3.05, 3.63) is 35.6 Å². The summed E-state index contributed by atoms with van der Waals surface area (Å²) in [5.41, 5.74) is 1.01. The van der Waals surface area contributed by atoms with Crippen molar-refractivity contribution in [2.45, 2.75) is 29.0 Å². The highest BCUT2D eigenvalue weighted by Crippen LogP contribution is 2.28. The third kappa shape index (κ3) is 4.02. The van der Waals surface area contributed by atoms with E-state index >= 15 is 0 Å². The van der Waals surface area contributed by atoms with Crippen molar-refractivity contribution in [3.63, 3.8) is 0 Å². The van der Waals surface area contributed by atoms with Crippen molar-refractivity contribution in [1.29, 1.82) is 0 Å². The normalized spacial score (nSPS) is 17.6. The molecular formula is C14H14FN3O2S2. The number of anilines is 1. The Balaban J connectivity index is 1.52. The van der Waals surface area contributed by atoms with Crippen molar-refractivity contribution in [2.24, 2.45) is 0 Å². The molecule has 2 heterocycles. The molecule has 22 heavy (non-hydrogen) atoms. The van der Waals surface area contributed by atoms with E-state index < -0.39 is 0 Å². The van der Waals surface area contributed by atoms with E-state index in [0.29, 0.717) is 17.5 Å². The summed E-state index contributed by atoms with van der Waals surface area (Å²) >= 11 is 2.82. The minimum atomic E-state index is -0.376. The highest BCUT2D eigenvalue weighted by atomic mass is 32.2. The van der Waals surface area contributed by atoms with Crippen LogP contribution in [0.25, 0.3) is 0 Å². The second-order valence-electron chi connectivity index (χ2n) is 4.78. The van der Waals surface area contributed by atoms with E-state index in [1.165, 1.54) is 35.2 Å². The van der Waals surface area contributed by atoms with E-state index in [1.54, 1.807) is 12.1 Å². The van der Waals surface area contributed by atoms with Gasteiger partial charge in [0.15, 0.2) is 4.34 Å². The van der Waals surface area contributed by atoms with Crippen LogP contribution in [0.1, 0.15) is 18.4 Å². The zero-order valence-electron chi connectivity index (χ0n) is 11.6. The largest absolute Gasteiger partial charge is 0.368 e. The average Bonchev–Trinajstić information content (AvgIpc) is 3.18. The van der Waals surface area contributed by atoms with E-state index in [9.17, 15) is 9.18 Å². The lowest BCUT2D eigenvalue weighted by atomic mass is 10.2. The lowest BCUT2D eigenvalue weighted by molar-refractivity contribution is -0.124. The van der Waals surface area contributed by atoms with Crippen LogP contribution in [0.5, 0.6) is 0 Å². The van der Waals surface area contributed by atoms with Crippen LogP contribution in [-0.2, 0) is 15.3 Å². The quantitative estimate of drug-likeness (QED) is 0.670. The number of benzene rings is 1. The molecule has 8 heteroatoms. The first kappa shape index (κ1) is 15.4. The van der Waals surface area contributed by atoms with Gasteiger partial charge in [-0.1, -0.05) is 35.2 Å². The molecule has 0 spiro atoms. The van der Waals surface area contributed by atoms with E-state index in [0.717, 1.165) is 22.7 Å². The minimum absolute atomic E-state index is 0.163.